The Morgan fingerprint density at radius 2 is 2.20 bits per heavy atom. The third kappa shape index (κ3) is 3.20. The number of hydrogen-bond acceptors (Lipinski definition) is 2. The van der Waals surface area contributed by atoms with Crippen molar-refractivity contribution in [2.45, 2.75) is 26.7 Å². The molecule has 82 valence electrons. The standard InChI is InChI=1S/C11H15ClN2O/c1-3-8(4-2)11(15)14-9-6-5-7-13-10(9)12/h5-8H,3-4H2,1-2H3,(H,14,15). The molecule has 1 rings (SSSR count). The first-order valence-corrected chi connectivity index (χ1v) is 5.48. The van der Waals surface area contributed by atoms with E-state index in [0.29, 0.717) is 10.8 Å². The normalized spacial score (nSPS) is 10.4. The Morgan fingerprint density at radius 3 is 2.73 bits per heavy atom. The third-order valence-electron chi connectivity index (χ3n) is 2.37. The molecule has 1 aromatic rings. The lowest BCUT2D eigenvalue weighted by Crippen LogP contribution is -2.21. The van der Waals surface area contributed by atoms with Crippen molar-refractivity contribution >= 4 is 23.2 Å². The van der Waals surface area contributed by atoms with Crippen molar-refractivity contribution in [3.63, 3.8) is 0 Å². The van der Waals surface area contributed by atoms with Gasteiger partial charge in [0.25, 0.3) is 0 Å². The second-order valence-electron chi connectivity index (χ2n) is 3.34. The number of carbonyl (C=O) groups is 1. The fourth-order valence-corrected chi connectivity index (χ4v) is 1.54. The Hall–Kier alpha value is -1.09. The maximum Gasteiger partial charge on any atom is 0.227 e. The molecule has 0 aliphatic carbocycles. The van der Waals surface area contributed by atoms with Gasteiger partial charge in [0.15, 0.2) is 5.15 Å². The minimum Gasteiger partial charge on any atom is -0.323 e. The molecule has 0 aliphatic heterocycles. The SMILES string of the molecule is CCC(CC)C(=O)Nc1cccnc1Cl. The van der Waals surface area contributed by atoms with Gasteiger partial charge in [0.05, 0.1) is 5.69 Å². The quantitative estimate of drug-likeness (QED) is 0.802. The first kappa shape index (κ1) is 12.0. The minimum absolute atomic E-state index is 0.00917. The van der Waals surface area contributed by atoms with Crippen LogP contribution in [0.15, 0.2) is 18.3 Å². The monoisotopic (exact) mass is 226 g/mol. The molecular weight excluding hydrogens is 212 g/mol. The number of carbonyl (C=O) groups excluding carboxylic acids is 1. The molecule has 0 radical (unpaired) electrons. The Bertz CT molecular complexity index is 337. The van der Waals surface area contributed by atoms with Crippen LogP contribution in [-0.2, 0) is 4.79 Å². The topological polar surface area (TPSA) is 42.0 Å². The van der Waals surface area contributed by atoms with Crippen LogP contribution in [0.5, 0.6) is 0 Å². The van der Waals surface area contributed by atoms with Crippen molar-refractivity contribution < 1.29 is 4.79 Å². The molecule has 0 aromatic carbocycles. The van der Waals surface area contributed by atoms with Gasteiger partial charge >= 0.3 is 0 Å². The molecule has 0 spiro atoms. The van der Waals surface area contributed by atoms with E-state index in [1.54, 1.807) is 18.3 Å². The Balaban J connectivity index is 2.70. The van der Waals surface area contributed by atoms with Crippen LogP contribution in [0, 0.1) is 5.92 Å². The Kier molecular flexibility index (Phi) is 4.56. The zero-order valence-electron chi connectivity index (χ0n) is 8.96. The van der Waals surface area contributed by atoms with E-state index in [9.17, 15) is 4.79 Å². The van der Waals surface area contributed by atoms with Gasteiger partial charge in [-0.3, -0.25) is 4.79 Å². The number of hydrogen-bond donors (Lipinski definition) is 1. The zero-order chi connectivity index (χ0) is 11.3. The van der Waals surface area contributed by atoms with E-state index in [-0.39, 0.29) is 11.8 Å². The van der Waals surface area contributed by atoms with Crippen molar-refractivity contribution in [2.24, 2.45) is 5.92 Å². The predicted octanol–water partition coefficient (Wildman–Crippen LogP) is 3.11. The molecular formula is C11H15ClN2O. The Labute approximate surface area is 94.9 Å². The van der Waals surface area contributed by atoms with Crippen molar-refractivity contribution in [3.05, 3.63) is 23.5 Å². The summed E-state index contributed by atoms with van der Waals surface area (Å²) in [7, 11) is 0. The largest absolute Gasteiger partial charge is 0.323 e. The van der Waals surface area contributed by atoms with E-state index >= 15 is 0 Å². The molecule has 1 heterocycles. The third-order valence-corrected chi connectivity index (χ3v) is 2.67. The van der Waals surface area contributed by atoms with Crippen molar-refractivity contribution in [1.82, 2.24) is 4.98 Å². The molecule has 0 fully saturated rings. The van der Waals surface area contributed by atoms with E-state index < -0.39 is 0 Å². The highest BCUT2D eigenvalue weighted by molar-refractivity contribution is 6.32. The van der Waals surface area contributed by atoms with Crippen LogP contribution in [0.4, 0.5) is 5.69 Å². The van der Waals surface area contributed by atoms with Gasteiger partial charge in [-0.05, 0) is 25.0 Å². The first-order chi connectivity index (χ1) is 7.19. The van der Waals surface area contributed by atoms with Crippen LogP contribution in [0.25, 0.3) is 0 Å². The van der Waals surface area contributed by atoms with Gasteiger partial charge in [-0.1, -0.05) is 25.4 Å². The van der Waals surface area contributed by atoms with E-state index in [1.807, 2.05) is 13.8 Å². The van der Waals surface area contributed by atoms with E-state index in [4.69, 9.17) is 11.6 Å². The maximum absolute atomic E-state index is 11.7. The number of anilines is 1. The number of rotatable bonds is 4. The Morgan fingerprint density at radius 1 is 1.53 bits per heavy atom. The average molecular weight is 227 g/mol. The number of nitrogens with zero attached hydrogens (tertiary/aromatic N) is 1. The van der Waals surface area contributed by atoms with Crippen molar-refractivity contribution in [3.8, 4) is 0 Å². The molecule has 1 aromatic heterocycles. The van der Waals surface area contributed by atoms with Gasteiger partial charge in [0, 0.05) is 12.1 Å². The molecule has 3 nitrogen and oxygen atoms in total. The van der Waals surface area contributed by atoms with Crippen LogP contribution in [0.2, 0.25) is 5.15 Å². The van der Waals surface area contributed by atoms with Gasteiger partial charge < -0.3 is 5.32 Å². The maximum atomic E-state index is 11.7. The summed E-state index contributed by atoms with van der Waals surface area (Å²) in [5.41, 5.74) is 0.580. The molecule has 0 unspecified atom stereocenters. The first-order valence-electron chi connectivity index (χ1n) is 5.10. The summed E-state index contributed by atoms with van der Waals surface area (Å²) in [6.45, 7) is 4.00. The second-order valence-corrected chi connectivity index (χ2v) is 3.70. The van der Waals surface area contributed by atoms with Crippen LogP contribution < -0.4 is 5.32 Å². The van der Waals surface area contributed by atoms with Gasteiger partial charge in [-0.15, -0.1) is 0 Å². The summed E-state index contributed by atoms with van der Waals surface area (Å²) < 4.78 is 0. The summed E-state index contributed by atoms with van der Waals surface area (Å²) in [4.78, 5) is 15.6. The average Bonchev–Trinajstić information content (AvgIpc) is 2.23. The molecule has 0 saturated heterocycles. The molecule has 0 bridgehead atoms. The number of nitrogens with one attached hydrogen (secondary N) is 1. The van der Waals surface area contributed by atoms with Crippen LogP contribution >= 0.6 is 11.6 Å². The van der Waals surface area contributed by atoms with E-state index in [0.717, 1.165) is 12.8 Å². The van der Waals surface area contributed by atoms with Crippen molar-refractivity contribution in [2.75, 3.05) is 5.32 Å². The predicted molar refractivity (Wildman–Crippen MR) is 61.9 cm³/mol. The number of aromatic nitrogens is 1. The van der Waals surface area contributed by atoms with Gasteiger partial charge in [0.2, 0.25) is 5.91 Å². The molecule has 0 saturated carbocycles. The smallest absolute Gasteiger partial charge is 0.227 e. The lowest BCUT2D eigenvalue weighted by Gasteiger charge is -2.12. The molecule has 1 N–H and O–H groups in total. The number of amides is 1. The molecule has 15 heavy (non-hydrogen) atoms. The van der Waals surface area contributed by atoms with Gasteiger partial charge in [-0.25, -0.2) is 4.98 Å². The molecule has 1 amide bonds. The second kappa shape index (κ2) is 5.71. The summed E-state index contributed by atoms with van der Waals surface area (Å²) in [6, 6.07) is 3.49. The molecule has 0 aliphatic rings. The van der Waals surface area contributed by atoms with E-state index in [1.165, 1.54) is 0 Å². The zero-order valence-corrected chi connectivity index (χ0v) is 9.71. The summed E-state index contributed by atoms with van der Waals surface area (Å²) in [6.07, 6.45) is 3.26. The fraction of sp³-hybridized carbons (Fsp3) is 0.455. The van der Waals surface area contributed by atoms with Gasteiger partial charge in [0.1, 0.15) is 0 Å². The molecule has 0 atom stereocenters. The summed E-state index contributed by atoms with van der Waals surface area (Å²) >= 11 is 5.83. The highest BCUT2D eigenvalue weighted by Gasteiger charge is 2.15. The van der Waals surface area contributed by atoms with Crippen LogP contribution in [0.1, 0.15) is 26.7 Å². The highest BCUT2D eigenvalue weighted by atomic mass is 35.5. The molecule has 4 heteroatoms. The van der Waals surface area contributed by atoms with Crippen LogP contribution in [-0.4, -0.2) is 10.9 Å². The van der Waals surface area contributed by atoms with Crippen LogP contribution in [0.3, 0.4) is 0 Å². The van der Waals surface area contributed by atoms with Crippen molar-refractivity contribution in [1.29, 1.82) is 0 Å². The summed E-state index contributed by atoms with van der Waals surface area (Å²) in [5, 5.41) is 3.11. The number of halogens is 1. The van der Waals surface area contributed by atoms with E-state index in [2.05, 4.69) is 10.3 Å². The number of pyridine rings is 1. The lowest BCUT2D eigenvalue weighted by molar-refractivity contribution is -0.120. The summed E-state index contributed by atoms with van der Waals surface area (Å²) in [5.74, 6) is 0.0520. The highest BCUT2D eigenvalue weighted by Crippen LogP contribution is 2.19. The fourth-order valence-electron chi connectivity index (χ4n) is 1.37. The minimum atomic E-state index is 0.00917. The lowest BCUT2D eigenvalue weighted by atomic mass is 10.0. The van der Waals surface area contributed by atoms with Gasteiger partial charge in [-0.2, -0.15) is 0 Å².